The lowest BCUT2D eigenvalue weighted by atomic mass is 10.1. The van der Waals surface area contributed by atoms with Crippen molar-refractivity contribution in [2.24, 2.45) is 5.73 Å². The normalized spacial score (nSPS) is 19.7. The van der Waals surface area contributed by atoms with Gasteiger partial charge >= 0.3 is 0 Å². The van der Waals surface area contributed by atoms with Crippen LogP contribution < -0.4 is 5.73 Å². The largest absolute Gasteiger partial charge is 0.384 e. The predicted octanol–water partition coefficient (Wildman–Crippen LogP) is 2.15. The number of likely N-dealkylation sites (N-methyl/N-ethyl adjacent to an activating group) is 1. The van der Waals surface area contributed by atoms with Crippen LogP contribution in [-0.2, 0) is 6.54 Å². The Labute approximate surface area is 126 Å². The van der Waals surface area contributed by atoms with E-state index in [1.54, 1.807) is 6.07 Å². The third kappa shape index (κ3) is 3.72. The Balaban J connectivity index is 2.07. The summed E-state index contributed by atoms with van der Waals surface area (Å²) in [7, 11) is 4.23. The van der Waals surface area contributed by atoms with Crippen LogP contribution in [0.3, 0.4) is 0 Å². The molecule has 1 heterocycles. The number of nitrogens with one attached hydrogen (secondary N) is 1. The van der Waals surface area contributed by atoms with Gasteiger partial charge in [0.1, 0.15) is 5.84 Å². The number of nitrogens with zero attached hydrogens (tertiary/aromatic N) is 2. The zero-order valence-electron chi connectivity index (χ0n) is 12.2. The van der Waals surface area contributed by atoms with E-state index in [1.807, 2.05) is 12.1 Å². The summed E-state index contributed by atoms with van der Waals surface area (Å²) < 4.78 is 0. The average Bonchev–Trinajstić information content (AvgIpc) is 2.78. The standard InChI is InChI=1S/C15H23ClN4/c1-19(2)10-13-4-3-7-20(13)9-12-6-5-11(15(17)18)8-14(12)16/h5-6,8,13H,3-4,7,9-10H2,1-2H3,(H3,17,18). The SMILES string of the molecule is CN(C)CC1CCCN1Cc1ccc(C(=N)N)cc1Cl. The number of hydrogen-bond donors (Lipinski definition) is 2. The van der Waals surface area contributed by atoms with Crippen LogP contribution in [0.15, 0.2) is 18.2 Å². The van der Waals surface area contributed by atoms with Crippen LogP contribution >= 0.6 is 11.6 Å². The van der Waals surface area contributed by atoms with Crippen molar-refractivity contribution in [1.29, 1.82) is 5.41 Å². The first-order valence-corrected chi connectivity index (χ1v) is 7.37. The Morgan fingerprint density at radius 1 is 1.50 bits per heavy atom. The maximum atomic E-state index is 7.44. The minimum absolute atomic E-state index is 0.0603. The number of hydrogen-bond acceptors (Lipinski definition) is 3. The third-order valence-corrected chi connectivity index (χ3v) is 4.16. The van der Waals surface area contributed by atoms with E-state index in [-0.39, 0.29) is 5.84 Å². The fourth-order valence-electron chi connectivity index (χ4n) is 2.79. The molecule has 1 unspecified atom stereocenters. The molecule has 110 valence electrons. The van der Waals surface area contributed by atoms with Gasteiger partial charge in [-0.3, -0.25) is 10.3 Å². The molecular formula is C15H23ClN4. The van der Waals surface area contributed by atoms with Gasteiger partial charge in [-0.2, -0.15) is 0 Å². The van der Waals surface area contributed by atoms with Gasteiger partial charge in [0.25, 0.3) is 0 Å². The highest BCUT2D eigenvalue weighted by atomic mass is 35.5. The van der Waals surface area contributed by atoms with Crippen LogP contribution in [0.1, 0.15) is 24.0 Å². The summed E-state index contributed by atoms with van der Waals surface area (Å²) in [5.74, 6) is 0.0603. The van der Waals surface area contributed by atoms with Crippen LogP contribution in [0.25, 0.3) is 0 Å². The molecule has 5 heteroatoms. The van der Waals surface area contributed by atoms with Crippen molar-refractivity contribution < 1.29 is 0 Å². The van der Waals surface area contributed by atoms with E-state index >= 15 is 0 Å². The summed E-state index contributed by atoms with van der Waals surface area (Å²) in [5, 5.41) is 8.14. The second kappa shape index (κ2) is 6.57. The molecule has 1 aliphatic heterocycles. The molecule has 0 spiro atoms. The predicted molar refractivity (Wildman–Crippen MR) is 84.5 cm³/mol. The zero-order valence-corrected chi connectivity index (χ0v) is 13.0. The van der Waals surface area contributed by atoms with Gasteiger partial charge in [0, 0.05) is 29.7 Å². The summed E-state index contributed by atoms with van der Waals surface area (Å²) in [6.07, 6.45) is 2.50. The Bertz CT molecular complexity index is 487. The molecule has 20 heavy (non-hydrogen) atoms. The average molecular weight is 295 g/mol. The second-order valence-electron chi connectivity index (χ2n) is 5.75. The fourth-order valence-corrected chi connectivity index (χ4v) is 3.03. The molecule has 0 aliphatic carbocycles. The van der Waals surface area contributed by atoms with E-state index in [2.05, 4.69) is 23.9 Å². The number of likely N-dealkylation sites (tertiary alicyclic amines) is 1. The van der Waals surface area contributed by atoms with Crippen molar-refractivity contribution in [3.63, 3.8) is 0 Å². The second-order valence-corrected chi connectivity index (χ2v) is 6.16. The van der Waals surface area contributed by atoms with Crippen molar-refractivity contribution in [2.45, 2.75) is 25.4 Å². The molecule has 0 saturated carbocycles. The fraction of sp³-hybridized carbons (Fsp3) is 0.533. The van der Waals surface area contributed by atoms with E-state index in [0.717, 1.165) is 25.2 Å². The van der Waals surface area contributed by atoms with Crippen molar-refractivity contribution in [1.82, 2.24) is 9.80 Å². The quantitative estimate of drug-likeness (QED) is 0.646. The number of amidine groups is 1. The molecule has 1 aliphatic rings. The number of nitrogens with two attached hydrogens (primary N) is 1. The molecule has 0 amide bonds. The highest BCUT2D eigenvalue weighted by molar-refractivity contribution is 6.31. The van der Waals surface area contributed by atoms with Crippen molar-refractivity contribution in [3.05, 3.63) is 34.3 Å². The van der Waals surface area contributed by atoms with Gasteiger partial charge in [0.15, 0.2) is 0 Å². The van der Waals surface area contributed by atoms with Gasteiger partial charge in [-0.25, -0.2) is 0 Å². The Morgan fingerprint density at radius 2 is 2.25 bits per heavy atom. The Hall–Kier alpha value is -1.10. The number of benzene rings is 1. The molecule has 0 aromatic heterocycles. The lowest BCUT2D eigenvalue weighted by Crippen LogP contribution is -2.37. The summed E-state index contributed by atoms with van der Waals surface area (Å²) in [6, 6.07) is 6.26. The van der Waals surface area contributed by atoms with E-state index in [4.69, 9.17) is 22.7 Å². The lowest BCUT2D eigenvalue weighted by molar-refractivity contribution is 0.201. The molecule has 0 radical (unpaired) electrons. The Morgan fingerprint density at radius 3 is 2.85 bits per heavy atom. The van der Waals surface area contributed by atoms with Gasteiger partial charge in [-0.1, -0.05) is 23.7 Å². The van der Waals surface area contributed by atoms with Crippen LogP contribution in [0, 0.1) is 5.41 Å². The summed E-state index contributed by atoms with van der Waals surface area (Å²) in [4.78, 5) is 4.73. The molecule has 1 atom stereocenters. The van der Waals surface area contributed by atoms with Crippen LogP contribution in [0.2, 0.25) is 5.02 Å². The van der Waals surface area contributed by atoms with Crippen LogP contribution in [0.4, 0.5) is 0 Å². The highest BCUT2D eigenvalue weighted by Crippen LogP contribution is 2.25. The molecule has 1 aromatic rings. The molecule has 2 rings (SSSR count). The van der Waals surface area contributed by atoms with Gasteiger partial charge in [-0.05, 0) is 45.1 Å². The zero-order chi connectivity index (χ0) is 14.7. The Kier molecular flexibility index (Phi) is 5.02. The van der Waals surface area contributed by atoms with Crippen molar-refractivity contribution in [3.8, 4) is 0 Å². The molecule has 4 nitrogen and oxygen atoms in total. The molecule has 3 N–H and O–H groups in total. The smallest absolute Gasteiger partial charge is 0.122 e. The molecule has 1 aromatic carbocycles. The van der Waals surface area contributed by atoms with Crippen molar-refractivity contribution in [2.75, 3.05) is 27.2 Å². The maximum absolute atomic E-state index is 7.44. The lowest BCUT2D eigenvalue weighted by Gasteiger charge is -2.27. The molecular weight excluding hydrogens is 272 g/mol. The van der Waals surface area contributed by atoms with Gasteiger partial charge in [-0.15, -0.1) is 0 Å². The summed E-state index contributed by atoms with van der Waals surface area (Å²) >= 11 is 6.32. The topological polar surface area (TPSA) is 56.4 Å². The van der Waals surface area contributed by atoms with E-state index in [9.17, 15) is 0 Å². The summed E-state index contributed by atoms with van der Waals surface area (Å²) in [6.45, 7) is 3.09. The third-order valence-electron chi connectivity index (χ3n) is 3.81. The van der Waals surface area contributed by atoms with Gasteiger partial charge in [0.05, 0.1) is 0 Å². The molecule has 1 saturated heterocycles. The first-order chi connectivity index (χ1) is 9.47. The monoisotopic (exact) mass is 294 g/mol. The number of rotatable bonds is 5. The van der Waals surface area contributed by atoms with Gasteiger partial charge in [0.2, 0.25) is 0 Å². The first-order valence-electron chi connectivity index (χ1n) is 6.99. The van der Waals surface area contributed by atoms with Crippen LogP contribution in [0.5, 0.6) is 0 Å². The minimum atomic E-state index is 0.0603. The van der Waals surface area contributed by atoms with E-state index in [1.165, 1.54) is 12.8 Å². The number of halogens is 1. The summed E-state index contributed by atoms with van der Waals surface area (Å²) in [5.41, 5.74) is 7.28. The maximum Gasteiger partial charge on any atom is 0.122 e. The molecule has 0 bridgehead atoms. The number of nitrogen functional groups attached to an aromatic ring is 1. The highest BCUT2D eigenvalue weighted by Gasteiger charge is 2.25. The minimum Gasteiger partial charge on any atom is -0.384 e. The first kappa shape index (κ1) is 15.3. The van der Waals surface area contributed by atoms with Crippen LogP contribution in [-0.4, -0.2) is 48.9 Å². The van der Waals surface area contributed by atoms with E-state index in [0.29, 0.717) is 16.6 Å². The molecule has 1 fully saturated rings. The van der Waals surface area contributed by atoms with Crippen molar-refractivity contribution >= 4 is 17.4 Å². The van der Waals surface area contributed by atoms with Gasteiger partial charge < -0.3 is 10.6 Å². The van der Waals surface area contributed by atoms with E-state index < -0.39 is 0 Å².